The number of nitrogens with zero attached hydrogens (tertiary/aromatic N) is 3. The van der Waals surface area contributed by atoms with E-state index < -0.39 is 21.9 Å². The third-order valence-electron chi connectivity index (χ3n) is 5.48. The van der Waals surface area contributed by atoms with Gasteiger partial charge in [0.25, 0.3) is 5.91 Å². The first-order chi connectivity index (χ1) is 16.6. The molecule has 2 unspecified atom stereocenters. The quantitative estimate of drug-likeness (QED) is 0.463. The first-order valence-electron chi connectivity index (χ1n) is 10.8. The molecule has 12 heteroatoms. The number of aromatic nitrogens is 1. The molecule has 2 aromatic carbocycles. The van der Waals surface area contributed by atoms with Crippen LogP contribution in [0, 0.1) is 0 Å². The molecule has 1 saturated heterocycles. The number of methoxy groups -OCH3 is 1. The van der Waals surface area contributed by atoms with Crippen molar-refractivity contribution < 1.29 is 27.5 Å². The number of amides is 1. The first kappa shape index (κ1) is 25.5. The van der Waals surface area contributed by atoms with Crippen molar-refractivity contribution in [3.05, 3.63) is 57.9 Å². The van der Waals surface area contributed by atoms with E-state index in [1.165, 1.54) is 47.0 Å². The summed E-state index contributed by atoms with van der Waals surface area (Å²) in [5, 5.41) is 0.516. The standard InChI is InChI=1S/C23H24ClN3O6S2/c1-14-11-26(12-15(2)33-14)35(30,31)18-7-4-16(5-8-18)22(29)25-23-27(13-21(28)32-3)19-9-6-17(24)10-20(19)34-23/h4-10,14-15H,11-13H2,1-3H3. The van der Waals surface area contributed by atoms with Crippen LogP contribution in [0.15, 0.2) is 52.4 Å². The van der Waals surface area contributed by atoms with Crippen molar-refractivity contribution in [1.29, 1.82) is 0 Å². The van der Waals surface area contributed by atoms with Crippen molar-refractivity contribution in [2.75, 3.05) is 20.2 Å². The number of sulfonamides is 1. The number of rotatable bonds is 5. The lowest BCUT2D eigenvalue weighted by atomic mass is 10.2. The molecule has 1 aliphatic heterocycles. The van der Waals surface area contributed by atoms with E-state index >= 15 is 0 Å². The number of benzene rings is 2. The minimum Gasteiger partial charge on any atom is -0.468 e. The highest BCUT2D eigenvalue weighted by atomic mass is 35.5. The molecule has 1 amide bonds. The lowest BCUT2D eigenvalue weighted by Crippen LogP contribution is -2.48. The summed E-state index contributed by atoms with van der Waals surface area (Å²) in [6, 6.07) is 10.8. The molecule has 0 saturated carbocycles. The van der Waals surface area contributed by atoms with Crippen molar-refractivity contribution in [3.63, 3.8) is 0 Å². The maximum Gasteiger partial charge on any atom is 0.325 e. The first-order valence-corrected chi connectivity index (χ1v) is 13.4. The maximum absolute atomic E-state index is 13.1. The van der Waals surface area contributed by atoms with Gasteiger partial charge in [-0.3, -0.25) is 9.59 Å². The summed E-state index contributed by atoms with van der Waals surface area (Å²) in [5.74, 6) is -1.06. The molecule has 0 N–H and O–H groups in total. The van der Waals surface area contributed by atoms with Crippen LogP contribution < -0.4 is 4.80 Å². The molecule has 1 aromatic heterocycles. The second kappa shape index (κ2) is 10.2. The van der Waals surface area contributed by atoms with Gasteiger partial charge in [0.2, 0.25) is 10.0 Å². The number of morpholine rings is 1. The van der Waals surface area contributed by atoms with E-state index in [-0.39, 0.29) is 42.3 Å². The second-order valence-electron chi connectivity index (χ2n) is 8.18. The summed E-state index contributed by atoms with van der Waals surface area (Å²) >= 11 is 7.30. The Morgan fingerprint density at radius 1 is 1.14 bits per heavy atom. The van der Waals surface area contributed by atoms with Gasteiger partial charge in [-0.15, -0.1) is 0 Å². The molecule has 4 rings (SSSR count). The van der Waals surface area contributed by atoms with E-state index in [1.54, 1.807) is 22.8 Å². The van der Waals surface area contributed by atoms with Crippen LogP contribution >= 0.6 is 22.9 Å². The summed E-state index contributed by atoms with van der Waals surface area (Å²) < 4.78 is 40.2. The number of thiazole rings is 1. The molecular formula is C23H24ClN3O6S2. The van der Waals surface area contributed by atoms with Gasteiger partial charge in [0.1, 0.15) is 6.54 Å². The Hall–Kier alpha value is -2.57. The Labute approximate surface area is 211 Å². The fraction of sp³-hybridized carbons (Fsp3) is 0.348. The van der Waals surface area contributed by atoms with Crippen molar-refractivity contribution in [2.24, 2.45) is 4.99 Å². The molecule has 1 aliphatic rings. The maximum atomic E-state index is 13.1. The average Bonchev–Trinajstić information content (AvgIpc) is 3.13. The number of carbonyl (C=O) groups excluding carboxylic acids is 2. The molecule has 0 radical (unpaired) electrons. The minimum absolute atomic E-state index is 0.0904. The van der Waals surface area contributed by atoms with Crippen LogP contribution in [-0.2, 0) is 30.8 Å². The topological polar surface area (TPSA) is 107 Å². The highest BCUT2D eigenvalue weighted by Gasteiger charge is 2.32. The smallest absolute Gasteiger partial charge is 0.325 e. The molecule has 186 valence electrons. The summed E-state index contributed by atoms with van der Waals surface area (Å²) in [4.78, 5) is 29.5. The number of esters is 1. The lowest BCUT2D eigenvalue weighted by Gasteiger charge is -2.34. The molecule has 35 heavy (non-hydrogen) atoms. The molecule has 2 heterocycles. The molecule has 1 fully saturated rings. The fourth-order valence-corrected chi connectivity index (χ4v) is 6.77. The van der Waals surface area contributed by atoms with Crippen LogP contribution in [0.2, 0.25) is 5.02 Å². The summed E-state index contributed by atoms with van der Waals surface area (Å²) in [5.41, 5.74) is 0.902. The Kier molecular flexibility index (Phi) is 7.43. The Morgan fingerprint density at radius 3 is 2.43 bits per heavy atom. The van der Waals surface area contributed by atoms with E-state index in [9.17, 15) is 18.0 Å². The minimum atomic E-state index is -3.73. The van der Waals surface area contributed by atoms with Crippen LogP contribution in [0.25, 0.3) is 10.2 Å². The highest BCUT2D eigenvalue weighted by molar-refractivity contribution is 7.89. The zero-order chi connectivity index (χ0) is 25.3. The summed E-state index contributed by atoms with van der Waals surface area (Å²) in [6.07, 6.45) is -0.415. The van der Waals surface area contributed by atoms with Crippen molar-refractivity contribution in [2.45, 2.75) is 37.5 Å². The summed E-state index contributed by atoms with van der Waals surface area (Å²) in [7, 11) is -2.45. The molecule has 0 bridgehead atoms. The number of halogens is 1. The van der Waals surface area contributed by atoms with Crippen molar-refractivity contribution >= 4 is 55.1 Å². The largest absolute Gasteiger partial charge is 0.468 e. The average molecular weight is 538 g/mol. The monoisotopic (exact) mass is 537 g/mol. The van der Waals surface area contributed by atoms with Gasteiger partial charge in [-0.25, -0.2) is 8.42 Å². The van der Waals surface area contributed by atoms with E-state index in [1.807, 2.05) is 13.8 Å². The zero-order valence-corrected chi connectivity index (χ0v) is 21.7. The van der Waals surface area contributed by atoms with E-state index in [0.29, 0.717) is 15.3 Å². The van der Waals surface area contributed by atoms with Crippen molar-refractivity contribution in [1.82, 2.24) is 8.87 Å². The Bertz CT molecular complexity index is 1440. The predicted molar refractivity (Wildman–Crippen MR) is 132 cm³/mol. The van der Waals surface area contributed by atoms with Gasteiger partial charge in [0.05, 0.1) is 34.4 Å². The molecular weight excluding hydrogens is 514 g/mol. The van der Waals surface area contributed by atoms with Gasteiger partial charge in [-0.1, -0.05) is 22.9 Å². The fourth-order valence-electron chi connectivity index (χ4n) is 3.88. The number of carbonyl (C=O) groups is 2. The zero-order valence-electron chi connectivity index (χ0n) is 19.3. The van der Waals surface area contributed by atoms with Crippen LogP contribution in [0.4, 0.5) is 0 Å². The highest BCUT2D eigenvalue weighted by Crippen LogP contribution is 2.23. The Balaban J connectivity index is 1.65. The number of ether oxygens (including phenoxy) is 2. The van der Waals surface area contributed by atoms with E-state index in [2.05, 4.69) is 4.99 Å². The number of fused-ring (bicyclic) bond motifs is 1. The molecule has 3 aromatic rings. The molecule has 2 atom stereocenters. The van der Waals surface area contributed by atoms with Crippen LogP contribution in [0.5, 0.6) is 0 Å². The predicted octanol–water partition coefficient (Wildman–Crippen LogP) is 3.07. The SMILES string of the molecule is COC(=O)Cn1c(=NC(=O)c2ccc(S(=O)(=O)N3CC(C)OC(C)C3)cc2)sc2cc(Cl)ccc21. The van der Waals surface area contributed by atoms with E-state index in [0.717, 1.165) is 4.70 Å². The lowest BCUT2D eigenvalue weighted by molar-refractivity contribution is -0.141. The molecule has 0 aliphatic carbocycles. The van der Waals surface area contributed by atoms with Gasteiger partial charge < -0.3 is 14.0 Å². The number of hydrogen-bond donors (Lipinski definition) is 0. The van der Waals surface area contributed by atoms with Crippen LogP contribution in [0.3, 0.4) is 0 Å². The van der Waals surface area contributed by atoms with Crippen molar-refractivity contribution in [3.8, 4) is 0 Å². The second-order valence-corrected chi connectivity index (χ2v) is 11.6. The van der Waals surface area contributed by atoms with Gasteiger partial charge in [0, 0.05) is 23.7 Å². The molecule has 0 spiro atoms. The summed E-state index contributed by atoms with van der Waals surface area (Å²) in [6.45, 7) is 4.06. The number of hydrogen-bond acceptors (Lipinski definition) is 7. The van der Waals surface area contributed by atoms with E-state index in [4.69, 9.17) is 21.1 Å². The third kappa shape index (κ3) is 5.49. The van der Waals surface area contributed by atoms with Crippen LogP contribution in [-0.4, -0.2) is 61.6 Å². The van der Waals surface area contributed by atoms with Gasteiger partial charge >= 0.3 is 5.97 Å². The Morgan fingerprint density at radius 2 is 1.80 bits per heavy atom. The normalized spacial score (nSPS) is 19.7. The van der Waals surface area contributed by atoms with Gasteiger partial charge in [-0.05, 0) is 56.3 Å². The third-order valence-corrected chi connectivity index (χ3v) is 8.60. The van der Waals surface area contributed by atoms with Gasteiger partial charge in [0.15, 0.2) is 4.80 Å². The van der Waals surface area contributed by atoms with Gasteiger partial charge in [-0.2, -0.15) is 9.30 Å². The molecule has 9 nitrogen and oxygen atoms in total. The van der Waals surface area contributed by atoms with Crippen LogP contribution in [0.1, 0.15) is 24.2 Å².